The Morgan fingerprint density at radius 1 is 1.38 bits per heavy atom. The van der Waals surface area contributed by atoms with Gasteiger partial charge in [-0.2, -0.15) is 0 Å². The van der Waals surface area contributed by atoms with Gasteiger partial charge in [0.1, 0.15) is 0 Å². The number of imidazole rings is 1. The van der Waals surface area contributed by atoms with Crippen LogP contribution in [0.25, 0.3) is 11.0 Å². The number of aromatic nitrogens is 2. The predicted octanol–water partition coefficient (Wildman–Crippen LogP) is 4.06. The molecule has 0 spiro atoms. The Morgan fingerprint density at radius 3 is 2.81 bits per heavy atom. The Labute approximate surface area is 100 Å². The van der Waals surface area contributed by atoms with E-state index >= 15 is 0 Å². The quantitative estimate of drug-likeness (QED) is 0.774. The number of benzene rings is 1. The zero-order valence-corrected chi connectivity index (χ0v) is 10.3. The summed E-state index contributed by atoms with van der Waals surface area (Å²) in [6.07, 6.45) is 4.08. The second-order valence-corrected chi connectivity index (χ2v) is 5.14. The van der Waals surface area contributed by atoms with Crippen LogP contribution in [0.1, 0.15) is 32.2 Å². The first-order valence-electron chi connectivity index (χ1n) is 5.96. The number of nitrogens with one attached hydrogen (secondary N) is 1. The van der Waals surface area contributed by atoms with E-state index in [0.717, 1.165) is 16.2 Å². The molecule has 3 heteroatoms. The molecule has 1 fully saturated rings. The molecule has 1 heterocycles. The first kappa shape index (κ1) is 10.1. The highest BCUT2D eigenvalue weighted by molar-refractivity contribution is 7.71. The Morgan fingerprint density at radius 2 is 2.12 bits per heavy atom. The molecule has 1 aliphatic rings. The van der Waals surface area contributed by atoms with Crippen molar-refractivity contribution >= 4 is 23.3 Å². The van der Waals surface area contributed by atoms with Crippen molar-refractivity contribution in [3.63, 3.8) is 0 Å². The van der Waals surface area contributed by atoms with Crippen LogP contribution in [0.4, 0.5) is 0 Å². The van der Waals surface area contributed by atoms with Gasteiger partial charge in [0.2, 0.25) is 0 Å². The minimum Gasteiger partial charge on any atom is -0.331 e. The molecule has 0 bridgehead atoms. The SMILES string of the molecule is CC(C1CCC1)n1c(=S)[nH]c2ccccc21. The summed E-state index contributed by atoms with van der Waals surface area (Å²) in [6, 6.07) is 8.89. The zero-order chi connectivity index (χ0) is 11.1. The molecule has 84 valence electrons. The number of rotatable bonds is 2. The first-order chi connectivity index (χ1) is 7.77. The highest BCUT2D eigenvalue weighted by Crippen LogP contribution is 2.37. The summed E-state index contributed by atoms with van der Waals surface area (Å²) in [4.78, 5) is 3.29. The third kappa shape index (κ3) is 1.42. The summed E-state index contributed by atoms with van der Waals surface area (Å²) in [5.41, 5.74) is 2.39. The summed E-state index contributed by atoms with van der Waals surface area (Å²) in [7, 11) is 0. The lowest BCUT2D eigenvalue weighted by molar-refractivity contribution is 0.224. The molecule has 3 rings (SSSR count). The molecule has 1 aromatic carbocycles. The molecule has 0 amide bonds. The van der Waals surface area contributed by atoms with Crippen molar-refractivity contribution in [3.8, 4) is 0 Å². The van der Waals surface area contributed by atoms with Gasteiger partial charge in [0.15, 0.2) is 4.77 Å². The maximum absolute atomic E-state index is 5.43. The second kappa shape index (κ2) is 3.74. The molecule has 1 unspecified atom stereocenters. The number of nitrogens with zero attached hydrogens (tertiary/aromatic N) is 1. The summed E-state index contributed by atoms with van der Waals surface area (Å²) < 4.78 is 3.15. The molecular weight excluding hydrogens is 216 g/mol. The lowest BCUT2D eigenvalue weighted by Crippen LogP contribution is -2.22. The third-order valence-corrected chi connectivity index (χ3v) is 4.16. The van der Waals surface area contributed by atoms with Crippen LogP contribution in [0.5, 0.6) is 0 Å². The number of para-hydroxylation sites is 2. The molecule has 1 atom stereocenters. The molecule has 1 aliphatic carbocycles. The van der Waals surface area contributed by atoms with E-state index in [1.165, 1.54) is 24.8 Å². The van der Waals surface area contributed by atoms with Gasteiger partial charge < -0.3 is 9.55 Å². The number of hydrogen-bond acceptors (Lipinski definition) is 1. The van der Waals surface area contributed by atoms with E-state index in [4.69, 9.17) is 12.2 Å². The van der Waals surface area contributed by atoms with Gasteiger partial charge in [0.25, 0.3) is 0 Å². The molecule has 16 heavy (non-hydrogen) atoms. The van der Waals surface area contributed by atoms with E-state index in [-0.39, 0.29) is 0 Å². The Balaban J connectivity index is 2.14. The van der Waals surface area contributed by atoms with Crippen LogP contribution < -0.4 is 0 Å². The van der Waals surface area contributed by atoms with Crippen LogP contribution in [0, 0.1) is 10.7 Å². The van der Waals surface area contributed by atoms with Gasteiger partial charge in [-0.1, -0.05) is 18.6 Å². The van der Waals surface area contributed by atoms with Crippen LogP contribution in [0.15, 0.2) is 24.3 Å². The standard InChI is InChI=1S/C13H16N2S/c1-9(10-5-4-6-10)15-12-8-3-2-7-11(12)14-13(15)16/h2-3,7-10H,4-6H2,1H3,(H,14,16). The second-order valence-electron chi connectivity index (χ2n) is 4.75. The lowest BCUT2D eigenvalue weighted by Gasteiger charge is -2.32. The molecule has 1 aromatic heterocycles. The monoisotopic (exact) mass is 232 g/mol. The Kier molecular flexibility index (Phi) is 2.36. The molecule has 2 nitrogen and oxygen atoms in total. The summed E-state index contributed by atoms with van der Waals surface area (Å²) in [6.45, 7) is 2.29. The van der Waals surface area contributed by atoms with Crippen LogP contribution in [-0.4, -0.2) is 9.55 Å². The maximum atomic E-state index is 5.43. The number of aromatic amines is 1. The third-order valence-electron chi connectivity index (χ3n) is 3.86. The molecule has 0 radical (unpaired) electrons. The van der Waals surface area contributed by atoms with Crippen LogP contribution in [0.2, 0.25) is 0 Å². The maximum Gasteiger partial charge on any atom is 0.178 e. The van der Waals surface area contributed by atoms with Gasteiger partial charge in [-0.25, -0.2) is 0 Å². The first-order valence-corrected chi connectivity index (χ1v) is 6.37. The minimum atomic E-state index is 0.525. The molecule has 0 aliphatic heterocycles. The molecule has 1 saturated carbocycles. The normalized spacial score (nSPS) is 18.6. The Bertz CT molecular complexity index is 563. The summed E-state index contributed by atoms with van der Waals surface area (Å²) in [5.74, 6) is 0.811. The fraction of sp³-hybridized carbons (Fsp3) is 0.462. The van der Waals surface area contributed by atoms with Gasteiger partial charge in [-0.15, -0.1) is 0 Å². The lowest BCUT2D eigenvalue weighted by atomic mass is 9.80. The highest BCUT2D eigenvalue weighted by Gasteiger charge is 2.26. The van der Waals surface area contributed by atoms with Crippen LogP contribution in [0.3, 0.4) is 0 Å². The fourth-order valence-electron chi connectivity index (χ4n) is 2.61. The van der Waals surface area contributed by atoms with Crippen molar-refractivity contribution in [1.82, 2.24) is 9.55 Å². The minimum absolute atomic E-state index is 0.525. The fourth-order valence-corrected chi connectivity index (χ4v) is 2.99. The van der Waals surface area contributed by atoms with Crippen molar-refractivity contribution in [1.29, 1.82) is 0 Å². The van der Waals surface area contributed by atoms with E-state index < -0.39 is 0 Å². The number of fused-ring (bicyclic) bond motifs is 1. The predicted molar refractivity (Wildman–Crippen MR) is 69.2 cm³/mol. The summed E-state index contributed by atoms with van der Waals surface area (Å²) in [5, 5.41) is 0. The van der Waals surface area contributed by atoms with Crippen molar-refractivity contribution in [2.45, 2.75) is 32.2 Å². The highest BCUT2D eigenvalue weighted by atomic mass is 32.1. The van der Waals surface area contributed by atoms with E-state index in [9.17, 15) is 0 Å². The van der Waals surface area contributed by atoms with E-state index in [1.807, 2.05) is 6.07 Å². The number of hydrogen-bond donors (Lipinski definition) is 1. The van der Waals surface area contributed by atoms with Crippen molar-refractivity contribution in [2.75, 3.05) is 0 Å². The van der Waals surface area contributed by atoms with E-state index in [1.54, 1.807) is 0 Å². The van der Waals surface area contributed by atoms with Crippen LogP contribution in [-0.2, 0) is 0 Å². The van der Waals surface area contributed by atoms with Crippen molar-refractivity contribution < 1.29 is 0 Å². The van der Waals surface area contributed by atoms with Crippen molar-refractivity contribution in [2.24, 2.45) is 5.92 Å². The largest absolute Gasteiger partial charge is 0.331 e. The number of H-pyrrole nitrogens is 1. The van der Waals surface area contributed by atoms with Gasteiger partial charge in [-0.3, -0.25) is 0 Å². The van der Waals surface area contributed by atoms with Gasteiger partial charge in [0.05, 0.1) is 11.0 Å². The molecule has 0 saturated heterocycles. The van der Waals surface area contributed by atoms with E-state index in [0.29, 0.717) is 6.04 Å². The van der Waals surface area contributed by atoms with Gasteiger partial charge in [0, 0.05) is 6.04 Å². The molecular formula is C13H16N2S. The average Bonchev–Trinajstić information content (AvgIpc) is 2.50. The zero-order valence-electron chi connectivity index (χ0n) is 9.44. The van der Waals surface area contributed by atoms with Gasteiger partial charge in [-0.05, 0) is 50.0 Å². The molecule has 2 aromatic rings. The molecule has 1 N–H and O–H groups in total. The summed E-state index contributed by atoms with van der Waals surface area (Å²) >= 11 is 5.43. The smallest absolute Gasteiger partial charge is 0.178 e. The van der Waals surface area contributed by atoms with Gasteiger partial charge >= 0.3 is 0 Å². The topological polar surface area (TPSA) is 20.7 Å². The average molecular weight is 232 g/mol. The van der Waals surface area contributed by atoms with Crippen LogP contribution >= 0.6 is 12.2 Å². The van der Waals surface area contributed by atoms with Crippen molar-refractivity contribution in [3.05, 3.63) is 29.0 Å². The van der Waals surface area contributed by atoms with E-state index in [2.05, 4.69) is 34.7 Å². The Hall–Kier alpha value is -1.09.